The first kappa shape index (κ1) is 15.0. The van der Waals surface area contributed by atoms with Crippen LogP contribution in [0.1, 0.15) is 16.9 Å². The molecule has 1 amide bonds. The molecule has 2 aromatic rings. The van der Waals surface area contributed by atoms with Crippen LogP contribution in [0, 0.1) is 0 Å². The summed E-state index contributed by atoms with van der Waals surface area (Å²) in [6, 6.07) is 6.56. The number of carbonyl (C=O) groups is 1. The molecule has 1 N–H and O–H groups in total. The molecule has 2 heterocycles. The third-order valence-corrected chi connectivity index (χ3v) is 5.40. The third-order valence-electron chi connectivity index (χ3n) is 3.38. The maximum atomic E-state index is 12.1. The Labute approximate surface area is 132 Å². The SMILES string of the molecule is O=C(NC1CCS(=O)(=O)C1)c1cn(-c2ccc(Cl)cc2)nn1. The number of hydrogen-bond acceptors (Lipinski definition) is 5. The van der Waals surface area contributed by atoms with Gasteiger partial charge < -0.3 is 5.32 Å². The molecule has 0 aliphatic carbocycles. The Morgan fingerprint density at radius 1 is 1.32 bits per heavy atom. The molecule has 1 fully saturated rings. The smallest absolute Gasteiger partial charge is 0.273 e. The highest BCUT2D eigenvalue weighted by Gasteiger charge is 2.29. The zero-order valence-corrected chi connectivity index (χ0v) is 13.0. The highest BCUT2D eigenvalue weighted by Crippen LogP contribution is 2.14. The van der Waals surface area contributed by atoms with Crippen LogP contribution in [0.2, 0.25) is 5.02 Å². The molecule has 0 radical (unpaired) electrons. The summed E-state index contributed by atoms with van der Waals surface area (Å²) >= 11 is 5.81. The van der Waals surface area contributed by atoms with Gasteiger partial charge in [-0.3, -0.25) is 4.79 Å². The van der Waals surface area contributed by atoms with Crippen molar-refractivity contribution in [2.24, 2.45) is 0 Å². The van der Waals surface area contributed by atoms with E-state index in [9.17, 15) is 13.2 Å². The molecule has 3 rings (SSSR count). The number of halogens is 1. The second kappa shape index (κ2) is 5.69. The lowest BCUT2D eigenvalue weighted by Crippen LogP contribution is -2.35. The summed E-state index contributed by atoms with van der Waals surface area (Å²) < 4.78 is 24.2. The van der Waals surface area contributed by atoms with Crippen molar-refractivity contribution in [1.29, 1.82) is 0 Å². The fourth-order valence-electron chi connectivity index (χ4n) is 2.26. The minimum absolute atomic E-state index is 0.0237. The van der Waals surface area contributed by atoms with Gasteiger partial charge in [-0.05, 0) is 30.7 Å². The van der Waals surface area contributed by atoms with Crippen LogP contribution in [0.3, 0.4) is 0 Å². The van der Waals surface area contributed by atoms with Crippen LogP contribution in [0.25, 0.3) is 5.69 Å². The number of aromatic nitrogens is 3. The molecule has 9 heteroatoms. The van der Waals surface area contributed by atoms with Crippen molar-refractivity contribution in [3.63, 3.8) is 0 Å². The van der Waals surface area contributed by atoms with Gasteiger partial charge >= 0.3 is 0 Å². The Bertz CT molecular complexity index is 801. The largest absolute Gasteiger partial charge is 0.347 e. The van der Waals surface area contributed by atoms with E-state index in [-0.39, 0.29) is 23.2 Å². The normalized spacial score (nSPS) is 20.0. The quantitative estimate of drug-likeness (QED) is 0.893. The van der Waals surface area contributed by atoms with Crippen LogP contribution in [0.15, 0.2) is 30.5 Å². The van der Waals surface area contributed by atoms with Gasteiger partial charge in [0.2, 0.25) is 0 Å². The molecule has 0 saturated carbocycles. The van der Waals surface area contributed by atoms with Gasteiger partial charge in [-0.2, -0.15) is 0 Å². The van der Waals surface area contributed by atoms with E-state index in [1.165, 1.54) is 10.9 Å². The van der Waals surface area contributed by atoms with Gasteiger partial charge in [0.1, 0.15) is 0 Å². The minimum atomic E-state index is -3.03. The van der Waals surface area contributed by atoms with Gasteiger partial charge in [0, 0.05) is 11.1 Å². The summed E-state index contributed by atoms with van der Waals surface area (Å²) in [6.07, 6.45) is 1.92. The lowest BCUT2D eigenvalue weighted by Gasteiger charge is -2.08. The Balaban J connectivity index is 1.71. The Hall–Kier alpha value is -1.93. The first-order chi connectivity index (χ1) is 10.4. The molecule has 1 atom stereocenters. The van der Waals surface area contributed by atoms with Crippen LogP contribution in [0.4, 0.5) is 0 Å². The number of benzene rings is 1. The van der Waals surface area contributed by atoms with Gasteiger partial charge in [0.05, 0.1) is 23.4 Å². The molecular weight excluding hydrogens is 328 g/mol. The van der Waals surface area contributed by atoms with Gasteiger partial charge in [0.25, 0.3) is 5.91 Å². The zero-order valence-electron chi connectivity index (χ0n) is 11.4. The van der Waals surface area contributed by atoms with Gasteiger partial charge in [-0.15, -0.1) is 5.10 Å². The second-order valence-electron chi connectivity index (χ2n) is 5.10. The number of sulfone groups is 1. The zero-order chi connectivity index (χ0) is 15.7. The summed E-state index contributed by atoms with van der Waals surface area (Å²) in [5.41, 5.74) is 0.860. The minimum Gasteiger partial charge on any atom is -0.347 e. The van der Waals surface area contributed by atoms with E-state index < -0.39 is 15.7 Å². The monoisotopic (exact) mass is 340 g/mol. The average Bonchev–Trinajstić information content (AvgIpc) is 3.06. The van der Waals surface area contributed by atoms with Crippen molar-refractivity contribution >= 4 is 27.3 Å². The lowest BCUT2D eigenvalue weighted by molar-refractivity contribution is 0.0936. The van der Waals surface area contributed by atoms with E-state index in [1.807, 2.05) is 0 Å². The highest BCUT2D eigenvalue weighted by atomic mass is 35.5. The van der Waals surface area contributed by atoms with Crippen LogP contribution in [-0.4, -0.2) is 46.9 Å². The van der Waals surface area contributed by atoms with Crippen LogP contribution in [-0.2, 0) is 9.84 Å². The van der Waals surface area contributed by atoms with Crippen LogP contribution < -0.4 is 5.32 Å². The van der Waals surface area contributed by atoms with E-state index in [1.54, 1.807) is 24.3 Å². The number of rotatable bonds is 3. The van der Waals surface area contributed by atoms with Crippen molar-refractivity contribution in [2.45, 2.75) is 12.5 Å². The summed E-state index contributed by atoms with van der Waals surface area (Å²) in [5.74, 6) is -0.346. The number of carbonyl (C=O) groups excluding carboxylic acids is 1. The molecule has 1 saturated heterocycles. The van der Waals surface area contributed by atoms with Crippen LogP contribution >= 0.6 is 11.6 Å². The molecule has 1 aromatic heterocycles. The Kier molecular flexibility index (Phi) is 3.88. The van der Waals surface area contributed by atoms with Crippen molar-refractivity contribution in [3.8, 4) is 5.69 Å². The lowest BCUT2D eigenvalue weighted by atomic mass is 10.2. The Morgan fingerprint density at radius 2 is 2.05 bits per heavy atom. The first-order valence-corrected chi connectivity index (χ1v) is 8.82. The first-order valence-electron chi connectivity index (χ1n) is 6.62. The van der Waals surface area contributed by atoms with E-state index >= 15 is 0 Å². The van der Waals surface area contributed by atoms with Crippen molar-refractivity contribution in [2.75, 3.05) is 11.5 Å². The molecule has 1 aliphatic rings. The van der Waals surface area contributed by atoms with Gasteiger partial charge in [0.15, 0.2) is 15.5 Å². The molecular formula is C13H13ClN4O3S. The van der Waals surface area contributed by atoms with Crippen LogP contribution in [0.5, 0.6) is 0 Å². The number of nitrogens with one attached hydrogen (secondary N) is 1. The third kappa shape index (κ3) is 3.28. The predicted molar refractivity (Wildman–Crippen MR) is 80.9 cm³/mol. The summed E-state index contributed by atoms with van der Waals surface area (Å²) in [4.78, 5) is 12.1. The molecule has 22 heavy (non-hydrogen) atoms. The standard InChI is InChI=1S/C13H13ClN4O3S/c14-9-1-3-11(4-2-9)18-7-12(16-17-18)13(19)15-10-5-6-22(20,21)8-10/h1-4,7,10H,5-6,8H2,(H,15,19). The molecule has 1 aliphatic heterocycles. The predicted octanol–water partition coefficient (Wildman–Crippen LogP) is 0.838. The van der Waals surface area contributed by atoms with Crippen molar-refractivity contribution < 1.29 is 13.2 Å². The average molecular weight is 341 g/mol. The molecule has 1 unspecified atom stereocenters. The molecule has 0 bridgehead atoms. The summed E-state index contributed by atoms with van der Waals surface area (Å²) in [6.45, 7) is 0. The number of nitrogens with zero attached hydrogens (tertiary/aromatic N) is 3. The number of amides is 1. The van der Waals surface area contributed by atoms with Crippen molar-refractivity contribution in [3.05, 3.63) is 41.2 Å². The molecule has 1 aromatic carbocycles. The highest BCUT2D eigenvalue weighted by molar-refractivity contribution is 7.91. The van der Waals surface area contributed by atoms with E-state index in [0.29, 0.717) is 11.4 Å². The Morgan fingerprint density at radius 3 is 2.68 bits per heavy atom. The number of hydrogen-bond donors (Lipinski definition) is 1. The topological polar surface area (TPSA) is 94.0 Å². The van der Waals surface area contributed by atoms with Gasteiger partial charge in [-0.1, -0.05) is 16.8 Å². The van der Waals surface area contributed by atoms with E-state index in [0.717, 1.165) is 5.69 Å². The fourth-order valence-corrected chi connectivity index (χ4v) is 4.06. The van der Waals surface area contributed by atoms with Gasteiger partial charge in [-0.25, -0.2) is 13.1 Å². The van der Waals surface area contributed by atoms with E-state index in [4.69, 9.17) is 11.6 Å². The maximum Gasteiger partial charge on any atom is 0.273 e. The fraction of sp³-hybridized carbons (Fsp3) is 0.308. The molecule has 116 valence electrons. The van der Waals surface area contributed by atoms with E-state index in [2.05, 4.69) is 15.6 Å². The maximum absolute atomic E-state index is 12.1. The second-order valence-corrected chi connectivity index (χ2v) is 7.76. The van der Waals surface area contributed by atoms with Crippen molar-refractivity contribution in [1.82, 2.24) is 20.3 Å². The molecule has 0 spiro atoms. The summed E-state index contributed by atoms with van der Waals surface area (Å²) in [5, 5.41) is 11.0. The summed E-state index contributed by atoms with van der Waals surface area (Å²) in [7, 11) is -3.03. The molecule has 7 nitrogen and oxygen atoms in total.